The quantitative estimate of drug-likeness (QED) is 0.425. The minimum absolute atomic E-state index is 0.181. The van der Waals surface area contributed by atoms with Crippen molar-refractivity contribution >= 4 is 22.9 Å². The summed E-state index contributed by atoms with van der Waals surface area (Å²) in [6.07, 6.45) is 4.90. The van der Waals surface area contributed by atoms with Gasteiger partial charge in [-0.05, 0) is 30.4 Å². The first-order valence-electron chi connectivity index (χ1n) is 7.28. The highest BCUT2D eigenvalue weighted by molar-refractivity contribution is 6.06. The van der Waals surface area contributed by atoms with Gasteiger partial charge in [-0.15, -0.1) is 0 Å². The molecule has 114 valence electrons. The molecule has 4 nitrogen and oxygen atoms in total. The molecule has 0 spiro atoms. The van der Waals surface area contributed by atoms with Crippen LogP contribution in [-0.4, -0.2) is 22.4 Å². The Morgan fingerprint density at radius 1 is 1.17 bits per heavy atom. The van der Waals surface area contributed by atoms with Gasteiger partial charge in [-0.2, -0.15) is 0 Å². The number of ether oxygens (including phenoxy) is 1. The van der Waals surface area contributed by atoms with Gasteiger partial charge in [0, 0.05) is 5.56 Å². The van der Waals surface area contributed by atoms with Gasteiger partial charge in [-0.3, -0.25) is 4.79 Å². The molecule has 0 aliphatic heterocycles. The lowest BCUT2D eigenvalue weighted by atomic mass is 10.1. The predicted octanol–water partition coefficient (Wildman–Crippen LogP) is 4.02. The van der Waals surface area contributed by atoms with Gasteiger partial charge in [-0.1, -0.05) is 43.0 Å². The third-order valence-corrected chi connectivity index (χ3v) is 3.31. The number of ketones is 1. The first kappa shape index (κ1) is 14.8. The molecule has 3 aromatic rings. The topological polar surface area (TPSA) is 55.0 Å². The van der Waals surface area contributed by atoms with E-state index in [0.29, 0.717) is 18.2 Å². The van der Waals surface area contributed by atoms with E-state index >= 15 is 0 Å². The number of nitrogens with one attached hydrogen (secondary N) is 1. The lowest BCUT2D eigenvalue weighted by Crippen LogP contribution is -1.98. The van der Waals surface area contributed by atoms with Crippen molar-refractivity contribution in [2.75, 3.05) is 6.61 Å². The molecule has 0 fully saturated rings. The molecular formula is C19H16N2O2. The SMILES string of the molecule is C=CCOc1ccccc1/C=C/C(=O)c1nc2ccccc2[nH]1. The zero-order valence-corrected chi connectivity index (χ0v) is 12.5. The second-order valence-electron chi connectivity index (χ2n) is 4.94. The van der Waals surface area contributed by atoms with Crippen molar-refractivity contribution in [3.63, 3.8) is 0 Å². The molecular weight excluding hydrogens is 288 g/mol. The first-order valence-corrected chi connectivity index (χ1v) is 7.28. The Hall–Kier alpha value is -3.14. The van der Waals surface area contributed by atoms with Crippen LogP contribution in [0.3, 0.4) is 0 Å². The summed E-state index contributed by atoms with van der Waals surface area (Å²) < 4.78 is 5.57. The van der Waals surface area contributed by atoms with E-state index in [2.05, 4.69) is 16.5 Å². The Kier molecular flexibility index (Phi) is 4.34. The Labute approximate surface area is 134 Å². The van der Waals surface area contributed by atoms with Gasteiger partial charge in [0.2, 0.25) is 5.78 Å². The number of carbonyl (C=O) groups excluding carboxylic acids is 1. The zero-order chi connectivity index (χ0) is 16.1. The van der Waals surface area contributed by atoms with E-state index in [-0.39, 0.29) is 5.78 Å². The van der Waals surface area contributed by atoms with Crippen LogP contribution in [0.15, 0.2) is 67.3 Å². The minimum atomic E-state index is -0.181. The fourth-order valence-electron chi connectivity index (χ4n) is 2.21. The maximum absolute atomic E-state index is 12.3. The number of hydrogen-bond donors (Lipinski definition) is 1. The summed E-state index contributed by atoms with van der Waals surface area (Å²) in [5.74, 6) is 0.854. The molecule has 0 aliphatic carbocycles. The standard InChI is InChI=1S/C19H16N2O2/c1-2-13-23-18-10-6-3-7-14(18)11-12-17(22)19-20-15-8-4-5-9-16(15)21-19/h2-12H,1,13H2,(H,20,21)/b12-11+. The molecule has 1 aromatic heterocycles. The highest BCUT2D eigenvalue weighted by atomic mass is 16.5. The lowest BCUT2D eigenvalue weighted by molar-refractivity contribution is 0.103. The van der Waals surface area contributed by atoms with Gasteiger partial charge in [0.05, 0.1) is 11.0 Å². The van der Waals surface area contributed by atoms with Crippen LogP contribution in [0.5, 0.6) is 5.75 Å². The van der Waals surface area contributed by atoms with Crippen LogP contribution in [-0.2, 0) is 0 Å². The molecule has 23 heavy (non-hydrogen) atoms. The summed E-state index contributed by atoms with van der Waals surface area (Å²) in [7, 11) is 0. The second-order valence-corrected chi connectivity index (χ2v) is 4.94. The van der Waals surface area contributed by atoms with E-state index < -0.39 is 0 Å². The van der Waals surface area contributed by atoms with Gasteiger partial charge in [0.15, 0.2) is 5.82 Å². The molecule has 0 radical (unpaired) electrons. The number of para-hydroxylation sites is 3. The summed E-state index contributed by atoms with van der Waals surface area (Å²) in [4.78, 5) is 19.6. The summed E-state index contributed by atoms with van der Waals surface area (Å²) in [5.41, 5.74) is 2.46. The molecule has 0 amide bonds. The average Bonchev–Trinajstić information content (AvgIpc) is 3.02. The molecule has 2 aromatic carbocycles. The Morgan fingerprint density at radius 2 is 1.96 bits per heavy atom. The monoisotopic (exact) mass is 304 g/mol. The average molecular weight is 304 g/mol. The van der Waals surface area contributed by atoms with Crippen LogP contribution in [0.2, 0.25) is 0 Å². The number of allylic oxidation sites excluding steroid dienone is 1. The van der Waals surface area contributed by atoms with Crippen molar-refractivity contribution in [3.8, 4) is 5.75 Å². The Bertz CT molecular complexity index is 845. The number of rotatable bonds is 6. The number of aromatic nitrogens is 2. The van der Waals surface area contributed by atoms with Gasteiger partial charge in [0.1, 0.15) is 12.4 Å². The number of imidazole rings is 1. The molecule has 0 saturated carbocycles. The highest BCUT2D eigenvalue weighted by Gasteiger charge is 2.08. The van der Waals surface area contributed by atoms with Crippen LogP contribution in [0.25, 0.3) is 17.1 Å². The number of carbonyl (C=O) groups is 1. The van der Waals surface area contributed by atoms with E-state index in [1.54, 1.807) is 12.2 Å². The van der Waals surface area contributed by atoms with Crippen LogP contribution in [0, 0.1) is 0 Å². The van der Waals surface area contributed by atoms with Crippen LogP contribution >= 0.6 is 0 Å². The fraction of sp³-hybridized carbons (Fsp3) is 0.0526. The fourth-order valence-corrected chi connectivity index (χ4v) is 2.21. The van der Waals surface area contributed by atoms with Crippen LogP contribution < -0.4 is 4.74 Å². The van der Waals surface area contributed by atoms with Crippen molar-refractivity contribution in [2.24, 2.45) is 0 Å². The third kappa shape index (κ3) is 3.37. The second kappa shape index (κ2) is 6.75. The predicted molar refractivity (Wildman–Crippen MR) is 91.6 cm³/mol. The van der Waals surface area contributed by atoms with Crippen LogP contribution in [0.1, 0.15) is 16.2 Å². The maximum atomic E-state index is 12.3. The Morgan fingerprint density at radius 3 is 2.78 bits per heavy atom. The van der Waals surface area contributed by atoms with E-state index in [4.69, 9.17) is 4.74 Å². The normalized spacial score (nSPS) is 11.0. The van der Waals surface area contributed by atoms with E-state index in [1.807, 2.05) is 48.5 Å². The van der Waals surface area contributed by atoms with Gasteiger partial charge < -0.3 is 9.72 Å². The minimum Gasteiger partial charge on any atom is -0.489 e. The highest BCUT2D eigenvalue weighted by Crippen LogP contribution is 2.20. The van der Waals surface area contributed by atoms with E-state index in [9.17, 15) is 4.79 Å². The Balaban J connectivity index is 1.82. The molecule has 0 unspecified atom stereocenters. The smallest absolute Gasteiger partial charge is 0.221 e. The summed E-state index contributed by atoms with van der Waals surface area (Å²) in [6.45, 7) is 4.05. The number of aromatic amines is 1. The van der Waals surface area contributed by atoms with Crippen LogP contribution in [0.4, 0.5) is 0 Å². The molecule has 1 heterocycles. The number of benzene rings is 2. The first-order chi connectivity index (χ1) is 11.3. The van der Waals surface area contributed by atoms with Crippen molar-refractivity contribution < 1.29 is 9.53 Å². The van der Waals surface area contributed by atoms with Crippen molar-refractivity contribution in [1.29, 1.82) is 0 Å². The number of fused-ring (bicyclic) bond motifs is 1. The molecule has 0 saturated heterocycles. The summed E-state index contributed by atoms with van der Waals surface area (Å²) in [5, 5.41) is 0. The summed E-state index contributed by atoms with van der Waals surface area (Å²) in [6, 6.07) is 15.1. The third-order valence-electron chi connectivity index (χ3n) is 3.31. The lowest BCUT2D eigenvalue weighted by Gasteiger charge is -2.06. The molecule has 1 N–H and O–H groups in total. The molecule has 0 bridgehead atoms. The zero-order valence-electron chi connectivity index (χ0n) is 12.5. The van der Waals surface area contributed by atoms with Gasteiger partial charge in [0.25, 0.3) is 0 Å². The van der Waals surface area contributed by atoms with Gasteiger partial charge in [-0.25, -0.2) is 4.98 Å². The van der Waals surface area contributed by atoms with Crippen molar-refractivity contribution in [1.82, 2.24) is 9.97 Å². The van der Waals surface area contributed by atoms with Gasteiger partial charge >= 0.3 is 0 Å². The number of nitrogens with zero attached hydrogens (tertiary/aromatic N) is 1. The molecule has 3 rings (SSSR count). The largest absolute Gasteiger partial charge is 0.489 e. The maximum Gasteiger partial charge on any atom is 0.221 e. The van der Waals surface area contributed by atoms with E-state index in [0.717, 1.165) is 16.6 Å². The van der Waals surface area contributed by atoms with E-state index in [1.165, 1.54) is 6.08 Å². The van der Waals surface area contributed by atoms with Crippen molar-refractivity contribution in [3.05, 3.63) is 78.6 Å². The molecule has 0 atom stereocenters. The number of hydrogen-bond acceptors (Lipinski definition) is 3. The molecule has 4 heteroatoms. The molecule has 0 aliphatic rings. The number of H-pyrrole nitrogens is 1. The summed E-state index contributed by atoms with van der Waals surface area (Å²) >= 11 is 0. The van der Waals surface area contributed by atoms with Crippen molar-refractivity contribution in [2.45, 2.75) is 0 Å².